The highest BCUT2D eigenvalue weighted by Gasteiger charge is 2.13. The van der Waals surface area contributed by atoms with Crippen LogP contribution in [0.1, 0.15) is 37.4 Å². The molecule has 0 radical (unpaired) electrons. The standard InChI is InChI=1S/C11H14N2OS/c1-8(10-6-15-7-12-10)13-9(2)11-4-3-5-14-11/h3-9,13H,1-2H3. The molecule has 2 atom stereocenters. The first kappa shape index (κ1) is 10.4. The Morgan fingerprint density at radius 2 is 2.27 bits per heavy atom. The van der Waals surface area contributed by atoms with E-state index in [-0.39, 0.29) is 12.1 Å². The Bertz CT molecular complexity index is 344. The van der Waals surface area contributed by atoms with Crippen molar-refractivity contribution in [1.82, 2.24) is 10.3 Å². The number of furan rings is 1. The van der Waals surface area contributed by atoms with Gasteiger partial charge in [-0.05, 0) is 26.0 Å². The average molecular weight is 222 g/mol. The third-order valence-corrected chi connectivity index (χ3v) is 2.97. The fraction of sp³-hybridized carbons (Fsp3) is 0.364. The molecule has 0 saturated heterocycles. The first-order valence-electron chi connectivity index (χ1n) is 4.95. The Labute approximate surface area is 93.2 Å². The quantitative estimate of drug-likeness (QED) is 0.863. The summed E-state index contributed by atoms with van der Waals surface area (Å²) >= 11 is 1.62. The molecule has 0 aliphatic rings. The lowest BCUT2D eigenvalue weighted by Gasteiger charge is -2.16. The van der Waals surface area contributed by atoms with E-state index < -0.39 is 0 Å². The minimum atomic E-state index is 0.205. The molecule has 1 N–H and O–H groups in total. The number of rotatable bonds is 4. The summed E-state index contributed by atoms with van der Waals surface area (Å²) in [6, 6.07) is 4.33. The average Bonchev–Trinajstić information content (AvgIpc) is 2.91. The van der Waals surface area contributed by atoms with Crippen molar-refractivity contribution in [3.8, 4) is 0 Å². The lowest BCUT2D eigenvalue weighted by molar-refractivity contribution is 0.400. The van der Waals surface area contributed by atoms with Crippen molar-refractivity contribution >= 4 is 11.3 Å². The normalized spacial score (nSPS) is 15.1. The van der Waals surface area contributed by atoms with Crippen LogP contribution < -0.4 is 5.32 Å². The number of nitrogens with one attached hydrogen (secondary N) is 1. The summed E-state index contributed by atoms with van der Waals surface area (Å²) in [6.45, 7) is 4.19. The Morgan fingerprint density at radius 1 is 1.40 bits per heavy atom. The highest BCUT2D eigenvalue weighted by Crippen LogP contribution is 2.19. The maximum atomic E-state index is 5.33. The van der Waals surface area contributed by atoms with Gasteiger partial charge >= 0.3 is 0 Å². The molecule has 2 aromatic rings. The fourth-order valence-corrected chi connectivity index (χ4v) is 2.16. The third kappa shape index (κ3) is 2.46. The highest BCUT2D eigenvalue weighted by atomic mass is 32.1. The predicted molar refractivity (Wildman–Crippen MR) is 60.8 cm³/mol. The smallest absolute Gasteiger partial charge is 0.120 e. The third-order valence-electron chi connectivity index (χ3n) is 2.37. The van der Waals surface area contributed by atoms with Gasteiger partial charge in [0.05, 0.1) is 23.5 Å². The van der Waals surface area contributed by atoms with Gasteiger partial charge in [-0.3, -0.25) is 5.32 Å². The maximum Gasteiger partial charge on any atom is 0.120 e. The van der Waals surface area contributed by atoms with Gasteiger partial charge in [0.2, 0.25) is 0 Å². The van der Waals surface area contributed by atoms with E-state index in [0.29, 0.717) is 0 Å². The summed E-state index contributed by atoms with van der Waals surface area (Å²) in [5, 5.41) is 5.50. The van der Waals surface area contributed by atoms with E-state index in [1.54, 1.807) is 17.6 Å². The second kappa shape index (κ2) is 4.59. The lowest BCUT2D eigenvalue weighted by Crippen LogP contribution is -2.22. The van der Waals surface area contributed by atoms with E-state index in [1.165, 1.54) is 0 Å². The van der Waals surface area contributed by atoms with Gasteiger partial charge in [-0.15, -0.1) is 11.3 Å². The van der Waals surface area contributed by atoms with Crippen molar-refractivity contribution in [2.45, 2.75) is 25.9 Å². The van der Waals surface area contributed by atoms with Crippen LogP contribution in [-0.4, -0.2) is 4.98 Å². The summed E-state index contributed by atoms with van der Waals surface area (Å²) in [7, 11) is 0. The van der Waals surface area contributed by atoms with Gasteiger partial charge in [0.25, 0.3) is 0 Å². The van der Waals surface area contributed by atoms with Gasteiger partial charge in [0.1, 0.15) is 5.76 Å². The highest BCUT2D eigenvalue weighted by molar-refractivity contribution is 7.07. The molecule has 4 heteroatoms. The van der Waals surface area contributed by atoms with E-state index in [4.69, 9.17) is 4.42 Å². The molecule has 2 aromatic heterocycles. The Balaban J connectivity index is 1.98. The van der Waals surface area contributed by atoms with E-state index in [9.17, 15) is 0 Å². The first-order chi connectivity index (χ1) is 7.27. The summed E-state index contributed by atoms with van der Waals surface area (Å²) in [4.78, 5) is 4.28. The van der Waals surface area contributed by atoms with Crippen molar-refractivity contribution in [1.29, 1.82) is 0 Å². The van der Waals surface area contributed by atoms with Crippen molar-refractivity contribution in [2.75, 3.05) is 0 Å². The molecule has 0 spiro atoms. The molecule has 0 fully saturated rings. The van der Waals surface area contributed by atoms with Crippen LogP contribution in [0.2, 0.25) is 0 Å². The van der Waals surface area contributed by atoms with E-state index >= 15 is 0 Å². The zero-order valence-electron chi connectivity index (χ0n) is 8.81. The Morgan fingerprint density at radius 3 is 2.87 bits per heavy atom. The maximum absolute atomic E-state index is 5.33. The Kier molecular flexibility index (Phi) is 3.18. The van der Waals surface area contributed by atoms with Gasteiger partial charge in [0.15, 0.2) is 0 Å². The van der Waals surface area contributed by atoms with Crippen LogP contribution in [0.25, 0.3) is 0 Å². The molecule has 0 aliphatic heterocycles. The number of hydrogen-bond acceptors (Lipinski definition) is 4. The Hall–Kier alpha value is -1.13. The van der Waals surface area contributed by atoms with Gasteiger partial charge in [-0.2, -0.15) is 0 Å². The van der Waals surface area contributed by atoms with Crippen molar-refractivity contribution in [3.63, 3.8) is 0 Å². The minimum absolute atomic E-state index is 0.205. The molecule has 15 heavy (non-hydrogen) atoms. The number of thiazole rings is 1. The molecule has 2 unspecified atom stereocenters. The largest absolute Gasteiger partial charge is 0.468 e. The molecule has 2 rings (SSSR count). The molecule has 0 amide bonds. The van der Waals surface area contributed by atoms with Gasteiger partial charge < -0.3 is 4.42 Å². The molecule has 0 bridgehead atoms. The van der Waals surface area contributed by atoms with Crippen LogP contribution in [0.15, 0.2) is 33.7 Å². The molecular weight excluding hydrogens is 208 g/mol. The van der Waals surface area contributed by atoms with E-state index in [1.807, 2.05) is 17.6 Å². The van der Waals surface area contributed by atoms with E-state index in [2.05, 4.69) is 29.5 Å². The van der Waals surface area contributed by atoms with Crippen LogP contribution in [0, 0.1) is 0 Å². The van der Waals surface area contributed by atoms with Crippen LogP contribution >= 0.6 is 11.3 Å². The molecule has 0 aliphatic carbocycles. The summed E-state index contributed by atoms with van der Waals surface area (Å²) in [5.41, 5.74) is 2.93. The van der Waals surface area contributed by atoms with Crippen molar-refractivity contribution < 1.29 is 4.42 Å². The topological polar surface area (TPSA) is 38.1 Å². The predicted octanol–water partition coefficient (Wildman–Crippen LogP) is 3.15. The number of aromatic nitrogens is 1. The van der Waals surface area contributed by atoms with Gasteiger partial charge in [-0.25, -0.2) is 4.98 Å². The summed E-state index contributed by atoms with van der Waals surface area (Å²) in [6.07, 6.45) is 1.70. The van der Waals surface area contributed by atoms with Crippen LogP contribution in [-0.2, 0) is 0 Å². The monoisotopic (exact) mass is 222 g/mol. The second-order valence-electron chi connectivity index (χ2n) is 3.54. The minimum Gasteiger partial charge on any atom is -0.468 e. The number of hydrogen-bond donors (Lipinski definition) is 1. The van der Waals surface area contributed by atoms with Crippen molar-refractivity contribution in [2.24, 2.45) is 0 Å². The second-order valence-corrected chi connectivity index (χ2v) is 4.26. The molecule has 80 valence electrons. The first-order valence-corrected chi connectivity index (χ1v) is 5.89. The summed E-state index contributed by atoms with van der Waals surface area (Å²) in [5.74, 6) is 0.956. The van der Waals surface area contributed by atoms with Crippen LogP contribution in [0.5, 0.6) is 0 Å². The van der Waals surface area contributed by atoms with Gasteiger partial charge in [-0.1, -0.05) is 0 Å². The molecule has 0 saturated carbocycles. The molecule has 0 aromatic carbocycles. The van der Waals surface area contributed by atoms with Crippen molar-refractivity contribution in [3.05, 3.63) is 40.7 Å². The van der Waals surface area contributed by atoms with Crippen LogP contribution in [0.3, 0.4) is 0 Å². The zero-order valence-corrected chi connectivity index (χ0v) is 9.62. The zero-order chi connectivity index (χ0) is 10.7. The number of nitrogens with zero attached hydrogens (tertiary/aromatic N) is 1. The van der Waals surface area contributed by atoms with Crippen LogP contribution in [0.4, 0.5) is 0 Å². The SMILES string of the molecule is CC(NC(C)c1ccco1)c1cscn1. The summed E-state index contributed by atoms with van der Waals surface area (Å²) < 4.78 is 5.33. The lowest BCUT2D eigenvalue weighted by atomic mass is 10.2. The molecule has 2 heterocycles. The van der Waals surface area contributed by atoms with E-state index in [0.717, 1.165) is 11.5 Å². The fourth-order valence-electron chi connectivity index (χ4n) is 1.52. The van der Waals surface area contributed by atoms with Gasteiger partial charge in [0, 0.05) is 11.4 Å². The molecule has 3 nitrogen and oxygen atoms in total. The molecular formula is C11H14N2OS.